The van der Waals surface area contributed by atoms with E-state index in [4.69, 9.17) is 5.11 Å². The SMILES string of the molecule is Cc1ccc(S(=O)(=O)NC(CCO)C2CC2)cc1. The monoisotopic (exact) mass is 269 g/mol. The van der Waals surface area contributed by atoms with Gasteiger partial charge in [0.25, 0.3) is 0 Å². The molecular weight excluding hydrogens is 250 g/mol. The fraction of sp³-hybridized carbons (Fsp3) is 0.538. The Kier molecular flexibility index (Phi) is 4.04. The molecule has 2 rings (SSSR count). The summed E-state index contributed by atoms with van der Waals surface area (Å²) in [5, 5.41) is 8.98. The van der Waals surface area contributed by atoms with E-state index in [0.29, 0.717) is 12.3 Å². The van der Waals surface area contributed by atoms with Gasteiger partial charge in [-0.25, -0.2) is 13.1 Å². The molecule has 0 amide bonds. The van der Waals surface area contributed by atoms with Crippen molar-refractivity contribution in [3.05, 3.63) is 29.8 Å². The quantitative estimate of drug-likeness (QED) is 0.821. The number of aliphatic hydroxyl groups is 1. The Morgan fingerprint density at radius 1 is 1.33 bits per heavy atom. The van der Waals surface area contributed by atoms with Gasteiger partial charge in [0, 0.05) is 12.6 Å². The molecule has 1 atom stereocenters. The molecule has 18 heavy (non-hydrogen) atoms. The van der Waals surface area contributed by atoms with Crippen LogP contribution in [-0.4, -0.2) is 26.2 Å². The van der Waals surface area contributed by atoms with Gasteiger partial charge in [-0.2, -0.15) is 0 Å². The largest absolute Gasteiger partial charge is 0.396 e. The highest BCUT2D eigenvalue weighted by molar-refractivity contribution is 7.89. The number of benzene rings is 1. The molecule has 5 heteroatoms. The second kappa shape index (κ2) is 5.38. The summed E-state index contributed by atoms with van der Waals surface area (Å²) < 4.78 is 27.0. The molecule has 1 aromatic carbocycles. The summed E-state index contributed by atoms with van der Waals surface area (Å²) in [5.41, 5.74) is 1.03. The maximum absolute atomic E-state index is 12.2. The smallest absolute Gasteiger partial charge is 0.240 e. The molecule has 0 heterocycles. The van der Waals surface area contributed by atoms with Crippen molar-refractivity contribution in [2.24, 2.45) is 5.92 Å². The van der Waals surface area contributed by atoms with Crippen molar-refractivity contribution in [1.29, 1.82) is 0 Å². The van der Waals surface area contributed by atoms with E-state index in [1.807, 2.05) is 6.92 Å². The minimum absolute atomic E-state index is 0.0115. The number of nitrogens with one attached hydrogen (secondary N) is 1. The van der Waals surface area contributed by atoms with Gasteiger partial charge < -0.3 is 5.11 Å². The second-order valence-electron chi connectivity index (χ2n) is 4.89. The van der Waals surface area contributed by atoms with E-state index in [2.05, 4.69) is 4.72 Å². The fourth-order valence-corrected chi connectivity index (χ4v) is 3.35. The molecular formula is C13H19NO3S. The summed E-state index contributed by atoms with van der Waals surface area (Å²) >= 11 is 0. The standard InChI is InChI=1S/C13H19NO3S/c1-10-2-6-12(7-3-10)18(16,17)14-13(8-9-15)11-4-5-11/h2-3,6-7,11,13-15H,4-5,8-9H2,1H3. The molecule has 0 spiro atoms. The second-order valence-corrected chi connectivity index (χ2v) is 6.60. The topological polar surface area (TPSA) is 66.4 Å². The van der Waals surface area contributed by atoms with E-state index >= 15 is 0 Å². The first-order chi connectivity index (χ1) is 8.53. The minimum atomic E-state index is -3.46. The minimum Gasteiger partial charge on any atom is -0.396 e. The van der Waals surface area contributed by atoms with E-state index < -0.39 is 10.0 Å². The zero-order chi connectivity index (χ0) is 13.2. The van der Waals surface area contributed by atoms with E-state index in [1.54, 1.807) is 24.3 Å². The summed E-state index contributed by atoms with van der Waals surface area (Å²) in [4.78, 5) is 0.289. The van der Waals surface area contributed by atoms with Crippen LogP contribution >= 0.6 is 0 Å². The lowest BCUT2D eigenvalue weighted by atomic mass is 10.1. The first kappa shape index (κ1) is 13.5. The van der Waals surface area contributed by atoms with Crippen LogP contribution in [0.4, 0.5) is 0 Å². The van der Waals surface area contributed by atoms with Crippen LogP contribution in [0.15, 0.2) is 29.2 Å². The Balaban J connectivity index is 2.12. The van der Waals surface area contributed by atoms with Crippen LogP contribution in [0, 0.1) is 12.8 Å². The highest BCUT2D eigenvalue weighted by atomic mass is 32.2. The maximum atomic E-state index is 12.2. The van der Waals surface area contributed by atoms with Crippen molar-refractivity contribution in [1.82, 2.24) is 4.72 Å². The van der Waals surface area contributed by atoms with Crippen molar-refractivity contribution in [3.8, 4) is 0 Å². The molecule has 2 N–H and O–H groups in total. The molecule has 0 bridgehead atoms. The molecule has 1 aromatic rings. The van der Waals surface area contributed by atoms with Crippen LogP contribution in [-0.2, 0) is 10.0 Å². The van der Waals surface area contributed by atoms with E-state index in [9.17, 15) is 8.42 Å². The van der Waals surface area contributed by atoms with Crippen molar-refractivity contribution >= 4 is 10.0 Å². The molecule has 100 valence electrons. The fourth-order valence-electron chi connectivity index (χ4n) is 2.01. The molecule has 1 aliphatic carbocycles. The number of rotatable bonds is 6. The zero-order valence-electron chi connectivity index (χ0n) is 10.5. The lowest BCUT2D eigenvalue weighted by Gasteiger charge is -2.17. The summed E-state index contributed by atoms with van der Waals surface area (Å²) in [6.07, 6.45) is 2.57. The van der Waals surface area contributed by atoms with Crippen molar-refractivity contribution < 1.29 is 13.5 Å². The molecule has 0 radical (unpaired) electrons. The van der Waals surface area contributed by atoms with Crippen molar-refractivity contribution in [3.63, 3.8) is 0 Å². The molecule has 1 fully saturated rings. The van der Waals surface area contributed by atoms with Crippen LogP contribution < -0.4 is 4.72 Å². The lowest BCUT2D eigenvalue weighted by molar-refractivity contribution is 0.265. The predicted molar refractivity (Wildman–Crippen MR) is 69.7 cm³/mol. The Labute approximate surface area is 108 Å². The van der Waals surface area contributed by atoms with Gasteiger partial charge in [-0.15, -0.1) is 0 Å². The third kappa shape index (κ3) is 3.31. The van der Waals surface area contributed by atoms with Gasteiger partial charge in [0.2, 0.25) is 10.0 Å². The third-order valence-electron chi connectivity index (χ3n) is 3.27. The van der Waals surface area contributed by atoms with Crippen LogP contribution in [0.5, 0.6) is 0 Å². The predicted octanol–water partition coefficient (Wildman–Crippen LogP) is 1.43. The van der Waals surface area contributed by atoms with Gasteiger partial charge in [0.05, 0.1) is 4.90 Å². The Hall–Kier alpha value is -0.910. The van der Waals surface area contributed by atoms with Gasteiger partial charge >= 0.3 is 0 Å². The van der Waals surface area contributed by atoms with Gasteiger partial charge in [0.15, 0.2) is 0 Å². The van der Waals surface area contributed by atoms with E-state index in [1.165, 1.54) is 0 Å². The van der Waals surface area contributed by atoms with Gasteiger partial charge in [-0.1, -0.05) is 17.7 Å². The van der Waals surface area contributed by atoms with Crippen LogP contribution in [0.25, 0.3) is 0 Å². The highest BCUT2D eigenvalue weighted by Crippen LogP contribution is 2.34. The summed E-state index contributed by atoms with van der Waals surface area (Å²) in [6, 6.07) is 6.65. The average molecular weight is 269 g/mol. The van der Waals surface area contributed by atoms with E-state index in [0.717, 1.165) is 18.4 Å². The molecule has 4 nitrogen and oxygen atoms in total. The molecule has 0 aliphatic heterocycles. The maximum Gasteiger partial charge on any atom is 0.240 e. The van der Waals surface area contributed by atoms with Crippen LogP contribution in [0.3, 0.4) is 0 Å². The van der Waals surface area contributed by atoms with Gasteiger partial charge in [-0.05, 0) is 44.2 Å². The highest BCUT2D eigenvalue weighted by Gasteiger charge is 2.33. The molecule has 1 saturated carbocycles. The first-order valence-electron chi connectivity index (χ1n) is 6.23. The lowest BCUT2D eigenvalue weighted by Crippen LogP contribution is -2.37. The van der Waals surface area contributed by atoms with Crippen LogP contribution in [0.2, 0.25) is 0 Å². The molecule has 1 unspecified atom stereocenters. The number of hydrogen-bond donors (Lipinski definition) is 2. The zero-order valence-corrected chi connectivity index (χ0v) is 11.3. The third-order valence-corrected chi connectivity index (χ3v) is 4.77. The molecule has 1 aliphatic rings. The van der Waals surface area contributed by atoms with Gasteiger partial charge in [0.1, 0.15) is 0 Å². The Morgan fingerprint density at radius 3 is 2.44 bits per heavy atom. The summed E-state index contributed by atoms with van der Waals surface area (Å²) in [5.74, 6) is 0.386. The average Bonchev–Trinajstić information content (AvgIpc) is 3.12. The molecule has 0 saturated heterocycles. The number of aliphatic hydroxyl groups excluding tert-OH is 1. The summed E-state index contributed by atoms with van der Waals surface area (Å²) in [7, 11) is -3.46. The molecule has 0 aromatic heterocycles. The number of sulfonamides is 1. The van der Waals surface area contributed by atoms with E-state index in [-0.39, 0.29) is 17.5 Å². The Bertz CT molecular complexity index is 491. The van der Waals surface area contributed by atoms with Crippen LogP contribution in [0.1, 0.15) is 24.8 Å². The first-order valence-corrected chi connectivity index (χ1v) is 7.71. The van der Waals surface area contributed by atoms with Crippen molar-refractivity contribution in [2.75, 3.05) is 6.61 Å². The Morgan fingerprint density at radius 2 is 1.94 bits per heavy atom. The van der Waals surface area contributed by atoms with Crippen molar-refractivity contribution in [2.45, 2.75) is 37.1 Å². The summed E-state index contributed by atoms with van der Waals surface area (Å²) in [6.45, 7) is 1.93. The number of aryl methyl sites for hydroxylation is 1. The van der Waals surface area contributed by atoms with Gasteiger partial charge in [-0.3, -0.25) is 0 Å². The normalized spacial score (nSPS) is 17.7. The number of hydrogen-bond acceptors (Lipinski definition) is 3.